The first-order valence-electron chi connectivity index (χ1n) is 4.86. The normalized spacial score (nSPS) is 10.7. The van der Waals surface area contributed by atoms with Gasteiger partial charge >= 0.3 is 5.97 Å². The van der Waals surface area contributed by atoms with Crippen molar-refractivity contribution in [3.05, 3.63) is 23.6 Å². The SMILES string of the molecule is COCc1nc2c(OC)ccc(C(=O)O)c2o1. The van der Waals surface area contributed by atoms with Gasteiger partial charge in [-0.3, -0.25) is 0 Å². The highest BCUT2D eigenvalue weighted by molar-refractivity contribution is 6.01. The van der Waals surface area contributed by atoms with Gasteiger partial charge in [-0.25, -0.2) is 9.78 Å². The molecule has 0 aliphatic rings. The van der Waals surface area contributed by atoms with Crippen molar-refractivity contribution in [3.8, 4) is 5.75 Å². The standard InChI is InChI=1S/C11H11NO5/c1-15-5-8-12-9-7(16-2)4-3-6(11(13)14)10(9)17-8/h3-4H,5H2,1-2H3,(H,13,14). The first-order chi connectivity index (χ1) is 8.17. The Bertz CT molecular complexity index is 560. The molecule has 0 bridgehead atoms. The summed E-state index contributed by atoms with van der Waals surface area (Å²) in [6.07, 6.45) is 0. The predicted octanol–water partition coefficient (Wildman–Crippen LogP) is 1.68. The summed E-state index contributed by atoms with van der Waals surface area (Å²) in [5.74, 6) is -0.289. The monoisotopic (exact) mass is 237 g/mol. The Morgan fingerprint density at radius 2 is 2.24 bits per heavy atom. The summed E-state index contributed by atoms with van der Waals surface area (Å²) >= 11 is 0. The van der Waals surface area contributed by atoms with Crippen molar-refractivity contribution in [1.82, 2.24) is 4.98 Å². The summed E-state index contributed by atoms with van der Waals surface area (Å²) < 4.78 is 15.3. The molecule has 6 heteroatoms. The van der Waals surface area contributed by atoms with Crippen molar-refractivity contribution in [3.63, 3.8) is 0 Å². The van der Waals surface area contributed by atoms with E-state index < -0.39 is 5.97 Å². The second-order valence-corrected chi connectivity index (χ2v) is 3.34. The smallest absolute Gasteiger partial charge is 0.339 e. The lowest BCUT2D eigenvalue weighted by Gasteiger charge is -2.00. The van der Waals surface area contributed by atoms with Crippen LogP contribution in [-0.4, -0.2) is 30.3 Å². The minimum Gasteiger partial charge on any atom is -0.494 e. The Morgan fingerprint density at radius 1 is 1.47 bits per heavy atom. The minimum absolute atomic E-state index is 0.0515. The molecule has 0 atom stereocenters. The van der Waals surface area contributed by atoms with E-state index in [-0.39, 0.29) is 17.8 Å². The third-order valence-corrected chi connectivity index (χ3v) is 2.27. The van der Waals surface area contributed by atoms with Gasteiger partial charge in [0.15, 0.2) is 11.1 Å². The van der Waals surface area contributed by atoms with E-state index >= 15 is 0 Å². The first kappa shape index (κ1) is 11.4. The molecule has 0 amide bonds. The molecule has 0 spiro atoms. The van der Waals surface area contributed by atoms with Gasteiger partial charge in [-0.15, -0.1) is 0 Å². The first-order valence-corrected chi connectivity index (χ1v) is 4.86. The van der Waals surface area contributed by atoms with Crippen LogP contribution in [0.25, 0.3) is 11.1 Å². The zero-order chi connectivity index (χ0) is 12.4. The quantitative estimate of drug-likeness (QED) is 0.871. The molecule has 0 fully saturated rings. The molecule has 1 aromatic carbocycles. The summed E-state index contributed by atoms with van der Waals surface area (Å²) in [5, 5.41) is 9.03. The van der Waals surface area contributed by atoms with Crippen LogP contribution in [0.3, 0.4) is 0 Å². The molecule has 0 aliphatic heterocycles. The van der Waals surface area contributed by atoms with Crippen LogP contribution in [-0.2, 0) is 11.3 Å². The lowest BCUT2D eigenvalue weighted by Crippen LogP contribution is -1.97. The average molecular weight is 237 g/mol. The Morgan fingerprint density at radius 3 is 2.82 bits per heavy atom. The van der Waals surface area contributed by atoms with E-state index in [1.807, 2.05) is 0 Å². The van der Waals surface area contributed by atoms with Gasteiger partial charge in [0.2, 0.25) is 5.89 Å². The van der Waals surface area contributed by atoms with Crippen LogP contribution >= 0.6 is 0 Å². The number of aromatic nitrogens is 1. The molecule has 0 saturated heterocycles. The molecule has 90 valence electrons. The van der Waals surface area contributed by atoms with E-state index in [1.165, 1.54) is 20.3 Å². The Labute approximate surface area is 96.8 Å². The molecule has 0 radical (unpaired) electrons. The third-order valence-electron chi connectivity index (χ3n) is 2.27. The highest BCUT2D eigenvalue weighted by Crippen LogP contribution is 2.29. The van der Waals surface area contributed by atoms with Gasteiger partial charge in [0.05, 0.1) is 7.11 Å². The fourth-order valence-electron chi connectivity index (χ4n) is 1.55. The number of rotatable bonds is 4. The molecule has 0 unspecified atom stereocenters. The maximum atomic E-state index is 11.0. The zero-order valence-corrected chi connectivity index (χ0v) is 9.39. The van der Waals surface area contributed by atoms with Crippen LogP contribution in [0.4, 0.5) is 0 Å². The highest BCUT2D eigenvalue weighted by atomic mass is 16.5. The minimum atomic E-state index is -1.07. The largest absolute Gasteiger partial charge is 0.494 e. The maximum Gasteiger partial charge on any atom is 0.339 e. The Balaban J connectivity index is 2.67. The van der Waals surface area contributed by atoms with Gasteiger partial charge in [0.25, 0.3) is 0 Å². The molecule has 6 nitrogen and oxygen atoms in total. The Hall–Kier alpha value is -2.08. The number of carboxylic acids is 1. The van der Waals surface area contributed by atoms with Gasteiger partial charge < -0.3 is 19.0 Å². The van der Waals surface area contributed by atoms with E-state index in [4.69, 9.17) is 19.0 Å². The lowest BCUT2D eigenvalue weighted by molar-refractivity contribution is 0.0697. The van der Waals surface area contributed by atoms with Crippen LogP contribution in [0.5, 0.6) is 5.75 Å². The van der Waals surface area contributed by atoms with Gasteiger partial charge in [-0.1, -0.05) is 0 Å². The number of aromatic carboxylic acids is 1. The van der Waals surface area contributed by atoms with E-state index in [1.54, 1.807) is 6.07 Å². The van der Waals surface area contributed by atoms with Crippen LogP contribution < -0.4 is 4.74 Å². The van der Waals surface area contributed by atoms with Gasteiger partial charge in [-0.05, 0) is 12.1 Å². The fraction of sp³-hybridized carbons (Fsp3) is 0.273. The van der Waals surface area contributed by atoms with E-state index in [9.17, 15) is 4.79 Å². The van der Waals surface area contributed by atoms with Crippen LogP contribution in [0.1, 0.15) is 16.2 Å². The number of hydrogen-bond donors (Lipinski definition) is 1. The zero-order valence-electron chi connectivity index (χ0n) is 9.39. The number of ether oxygens (including phenoxy) is 2. The molecular weight excluding hydrogens is 226 g/mol. The summed E-state index contributed by atoms with van der Waals surface area (Å²) in [4.78, 5) is 15.2. The van der Waals surface area contributed by atoms with Crippen molar-refractivity contribution in [2.45, 2.75) is 6.61 Å². The molecule has 17 heavy (non-hydrogen) atoms. The van der Waals surface area contributed by atoms with E-state index in [0.717, 1.165) is 0 Å². The van der Waals surface area contributed by atoms with Crippen molar-refractivity contribution < 1.29 is 23.8 Å². The van der Waals surface area contributed by atoms with E-state index in [2.05, 4.69) is 4.98 Å². The van der Waals surface area contributed by atoms with Gasteiger partial charge in [0, 0.05) is 7.11 Å². The molecule has 1 aromatic heterocycles. The molecule has 2 aromatic rings. The summed E-state index contributed by atoms with van der Waals surface area (Å²) in [6.45, 7) is 0.177. The summed E-state index contributed by atoms with van der Waals surface area (Å²) in [5.41, 5.74) is 0.638. The molecule has 0 aliphatic carbocycles. The van der Waals surface area contributed by atoms with Crippen LogP contribution in [0.15, 0.2) is 16.5 Å². The fourth-order valence-corrected chi connectivity index (χ4v) is 1.55. The van der Waals surface area contributed by atoms with Gasteiger partial charge in [0.1, 0.15) is 17.9 Å². The molecule has 1 heterocycles. The summed E-state index contributed by atoms with van der Waals surface area (Å²) in [6, 6.07) is 2.97. The van der Waals surface area contributed by atoms with Crippen LogP contribution in [0, 0.1) is 0 Å². The Kier molecular flexibility index (Phi) is 2.97. The average Bonchev–Trinajstić information content (AvgIpc) is 2.71. The number of methoxy groups -OCH3 is 2. The summed E-state index contributed by atoms with van der Waals surface area (Å²) in [7, 11) is 2.99. The number of fused-ring (bicyclic) bond motifs is 1. The molecule has 0 saturated carbocycles. The molecule has 1 N–H and O–H groups in total. The second kappa shape index (κ2) is 4.42. The highest BCUT2D eigenvalue weighted by Gasteiger charge is 2.18. The number of carbonyl (C=O) groups is 1. The molecule has 2 rings (SSSR count). The van der Waals surface area contributed by atoms with E-state index in [0.29, 0.717) is 17.2 Å². The number of nitrogens with zero attached hydrogens (tertiary/aromatic N) is 1. The number of carboxylic acid groups (broad SMARTS) is 1. The predicted molar refractivity (Wildman–Crippen MR) is 58.2 cm³/mol. The van der Waals surface area contributed by atoms with Crippen molar-refractivity contribution in [1.29, 1.82) is 0 Å². The van der Waals surface area contributed by atoms with Crippen molar-refractivity contribution >= 4 is 17.1 Å². The number of oxazole rings is 1. The maximum absolute atomic E-state index is 11.0. The second-order valence-electron chi connectivity index (χ2n) is 3.34. The van der Waals surface area contributed by atoms with Crippen LogP contribution in [0.2, 0.25) is 0 Å². The lowest BCUT2D eigenvalue weighted by atomic mass is 10.2. The van der Waals surface area contributed by atoms with Crippen molar-refractivity contribution in [2.24, 2.45) is 0 Å². The third kappa shape index (κ3) is 1.94. The number of hydrogen-bond acceptors (Lipinski definition) is 5. The van der Waals surface area contributed by atoms with Crippen molar-refractivity contribution in [2.75, 3.05) is 14.2 Å². The topological polar surface area (TPSA) is 81.8 Å². The van der Waals surface area contributed by atoms with Gasteiger partial charge in [-0.2, -0.15) is 0 Å². The number of benzene rings is 1. The molecular formula is C11H11NO5.